The number of carbonyl (C=O) groups is 1. The third-order valence-electron chi connectivity index (χ3n) is 3.84. The summed E-state index contributed by atoms with van der Waals surface area (Å²) in [6.07, 6.45) is 3.26. The number of carbonyl (C=O) groups excluding carboxylic acids is 1. The van der Waals surface area contributed by atoms with Crippen LogP contribution in [0, 0.1) is 16.0 Å². The Hall–Kier alpha value is -1.89. The van der Waals surface area contributed by atoms with Gasteiger partial charge in [-0.25, -0.2) is 0 Å². The van der Waals surface area contributed by atoms with E-state index in [2.05, 4.69) is 5.32 Å². The molecule has 0 bridgehead atoms. The van der Waals surface area contributed by atoms with Gasteiger partial charge in [-0.1, -0.05) is 6.92 Å². The molecule has 1 atom stereocenters. The number of aromatic nitrogens is 1. The molecule has 1 aliphatic rings. The lowest BCUT2D eigenvalue weighted by Gasteiger charge is -2.17. The van der Waals surface area contributed by atoms with Crippen molar-refractivity contribution in [3.63, 3.8) is 0 Å². The van der Waals surface area contributed by atoms with Crippen molar-refractivity contribution in [2.45, 2.75) is 26.3 Å². The third-order valence-corrected chi connectivity index (χ3v) is 3.84. The van der Waals surface area contributed by atoms with Crippen LogP contribution in [-0.4, -0.2) is 47.0 Å². The number of nitrogens with one attached hydrogen (secondary N) is 1. The molecule has 2 heterocycles. The molecule has 0 radical (unpaired) electrons. The van der Waals surface area contributed by atoms with Crippen molar-refractivity contribution in [1.82, 2.24) is 14.8 Å². The highest BCUT2D eigenvalue weighted by Gasteiger charge is 2.29. The second kappa shape index (κ2) is 6.71. The van der Waals surface area contributed by atoms with Crippen molar-refractivity contribution in [3.05, 3.63) is 28.1 Å². The zero-order chi connectivity index (χ0) is 15.4. The first-order chi connectivity index (χ1) is 10.1. The first kappa shape index (κ1) is 15.5. The van der Waals surface area contributed by atoms with Gasteiger partial charge in [0.15, 0.2) is 0 Å². The van der Waals surface area contributed by atoms with Crippen LogP contribution in [0.15, 0.2) is 12.3 Å². The fraction of sp³-hybridized carbons (Fsp3) is 0.643. The molecule has 1 unspecified atom stereocenters. The Morgan fingerprint density at radius 2 is 2.33 bits per heavy atom. The van der Waals surface area contributed by atoms with Crippen LogP contribution in [0.2, 0.25) is 0 Å². The van der Waals surface area contributed by atoms with E-state index >= 15 is 0 Å². The van der Waals surface area contributed by atoms with E-state index in [0.29, 0.717) is 24.7 Å². The van der Waals surface area contributed by atoms with Crippen LogP contribution in [0.3, 0.4) is 0 Å². The first-order valence-corrected chi connectivity index (χ1v) is 7.35. The minimum atomic E-state index is -0.448. The summed E-state index contributed by atoms with van der Waals surface area (Å²) in [7, 11) is 1.90. The summed E-state index contributed by atoms with van der Waals surface area (Å²) in [6.45, 7) is 4.92. The van der Waals surface area contributed by atoms with Gasteiger partial charge in [-0.2, -0.15) is 0 Å². The molecule has 1 aliphatic heterocycles. The lowest BCUT2D eigenvalue weighted by molar-refractivity contribution is -0.384. The van der Waals surface area contributed by atoms with Crippen molar-refractivity contribution >= 4 is 11.6 Å². The second-order valence-corrected chi connectivity index (χ2v) is 5.50. The Morgan fingerprint density at radius 1 is 1.57 bits per heavy atom. The van der Waals surface area contributed by atoms with Crippen LogP contribution in [0.25, 0.3) is 0 Å². The maximum atomic E-state index is 12.6. The minimum Gasteiger partial charge on any atom is -0.337 e. The van der Waals surface area contributed by atoms with Gasteiger partial charge < -0.3 is 14.8 Å². The SMILES string of the molecule is CCCn1cc([N+](=O)[O-])cc1C(=O)N1CCC(CNC)C1. The maximum Gasteiger partial charge on any atom is 0.287 e. The second-order valence-electron chi connectivity index (χ2n) is 5.50. The molecular weight excluding hydrogens is 272 g/mol. The van der Waals surface area contributed by atoms with Gasteiger partial charge in [-0.05, 0) is 32.4 Å². The molecule has 1 amide bonds. The van der Waals surface area contributed by atoms with E-state index in [1.54, 1.807) is 9.47 Å². The van der Waals surface area contributed by atoms with Crippen LogP contribution in [-0.2, 0) is 6.54 Å². The predicted octanol–water partition coefficient (Wildman–Crippen LogP) is 1.49. The summed E-state index contributed by atoms with van der Waals surface area (Å²) in [6, 6.07) is 1.39. The van der Waals surface area contributed by atoms with Crippen LogP contribution >= 0.6 is 0 Å². The molecule has 21 heavy (non-hydrogen) atoms. The highest BCUT2D eigenvalue weighted by atomic mass is 16.6. The van der Waals surface area contributed by atoms with E-state index in [1.807, 2.05) is 14.0 Å². The molecule has 1 aromatic heterocycles. The Balaban J connectivity index is 2.16. The van der Waals surface area contributed by atoms with Crippen molar-refractivity contribution in [2.24, 2.45) is 5.92 Å². The van der Waals surface area contributed by atoms with Crippen molar-refractivity contribution in [1.29, 1.82) is 0 Å². The smallest absolute Gasteiger partial charge is 0.287 e. The number of hydrogen-bond acceptors (Lipinski definition) is 4. The summed E-state index contributed by atoms with van der Waals surface area (Å²) < 4.78 is 1.70. The van der Waals surface area contributed by atoms with Crippen molar-refractivity contribution < 1.29 is 9.72 Å². The number of likely N-dealkylation sites (tertiary alicyclic amines) is 1. The van der Waals surface area contributed by atoms with E-state index in [1.165, 1.54) is 12.3 Å². The molecule has 2 rings (SSSR count). The molecular formula is C14H22N4O3. The lowest BCUT2D eigenvalue weighted by Crippen LogP contribution is -2.31. The van der Waals surface area contributed by atoms with Gasteiger partial charge in [-0.3, -0.25) is 14.9 Å². The third kappa shape index (κ3) is 3.41. The zero-order valence-corrected chi connectivity index (χ0v) is 12.5. The standard InChI is InChI=1S/C14H22N4O3/c1-3-5-16-10-12(18(20)21)7-13(16)14(19)17-6-4-11(9-17)8-15-2/h7,10-11,15H,3-6,8-9H2,1-2H3. The van der Waals surface area contributed by atoms with Crippen LogP contribution < -0.4 is 5.32 Å². The fourth-order valence-corrected chi connectivity index (χ4v) is 2.83. The molecule has 1 N–H and O–H groups in total. The van der Waals surface area contributed by atoms with Crippen LogP contribution in [0.5, 0.6) is 0 Å². The number of nitro groups is 1. The van der Waals surface area contributed by atoms with Gasteiger partial charge in [0.1, 0.15) is 5.69 Å². The topological polar surface area (TPSA) is 80.4 Å². The first-order valence-electron chi connectivity index (χ1n) is 7.35. The minimum absolute atomic E-state index is 0.0160. The van der Waals surface area contributed by atoms with E-state index in [4.69, 9.17) is 0 Å². The van der Waals surface area contributed by atoms with E-state index in [-0.39, 0.29) is 11.6 Å². The van der Waals surface area contributed by atoms with Gasteiger partial charge in [0.2, 0.25) is 0 Å². The highest BCUT2D eigenvalue weighted by molar-refractivity contribution is 5.93. The molecule has 1 fully saturated rings. The highest BCUT2D eigenvalue weighted by Crippen LogP contribution is 2.22. The molecule has 1 aromatic rings. The molecule has 0 saturated carbocycles. The van der Waals surface area contributed by atoms with Gasteiger partial charge in [0, 0.05) is 25.7 Å². The van der Waals surface area contributed by atoms with Crippen molar-refractivity contribution in [2.75, 3.05) is 26.7 Å². The number of amides is 1. The Morgan fingerprint density at radius 3 is 2.95 bits per heavy atom. The monoisotopic (exact) mass is 294 g/mol. The average Bonchev–Trinajstić information content (AvgIpc) is 3.06. The number of aryl methyl sites for hydroxylation is 1. The van der Waals surface area contributed by atoms with E-state index in [0.717, 1.165) is 25.9 Å². The Bertz CT molecular complexity index is 526. The molecule has 7 nitrogen and oxygen atoms in total. The largest absolute Gasteiger partial charge is 0.337 e. The zero-order valence-electron chi connectivity index (χ0n) is 12.5. The molecule has 116 valence electrons. The Kier molecular flexibility index (Phi) is 4.95. The Labute approximate surface area is 124 Å². The normalized spacial score (nSPS) is 18.2. The van der Waals surface area contributed by atoms with E-state index in [9.17, 15) is 14.9 Å². The molecule has 0 spiro atoms. The fourth-order valence-electron chi connectivity index (χ4n) is 2.83. The van der Waals surface area contributed by atoms with E-state index < -0.39 is 4.92 Å². The summed E-state index contributed by atoms with van der Waals surface area (Å²) in [5, 5.41) is 14.0. The summed E-state index contributed by atoms with van der Waals surface area (Å²) in [5.74, 6) is 0.360. The molecule has 0 aliphatic carbocycles. The van der Waals surface area contributed by atoms with Gasteiger partial charge in [-0.15, -0.1) is 0 Å². The molecule has 1 saturated heterocycles. The van der Waals surface area contributed by atoms with Crippen LogP contribution in [0.4, 0.5) is 5.69 Å². The summed E-state index contributed by atoms with van der Waals surface area (Å²) in [4.78, 5) is 24.9. The maximum absolute atomic E-state index is 12.6. The lowest BCUT2D eigenvalue weighted by atomic mass is 10.1. The van der Waals surface area contributed by atoms with Crippen LogP contribution in [0.1, 0.15) is 30.3 Å². The van der Waals surface area contributed by atoms with Gasteiger partial charge >= 0.3 is 0 Å². The van der Waals surface area contributed by atoms with Gasteiger partial charge in [0.05, 0.1) is 11.1 Å². The quantitative estimate of drug-likeness (QED) is 0.636. The van der Waals surface area contributed by atoms with Gasteiger partial charge in [0.25, 0.3) is 11.6 Å². The van der Waals surface area contributed by atoms with Crippen molar-refractivity contribution in [3.8, 4) is 0 Å². The average molecular weight is 294 g/mol. The molecule has 7 heteroatoms. The predicted molar refractivity (Wildman–Crippen MR) is 79.3 cm³/mol. The number of nitrogens with zero attached hydrogens (tertiary/aromatic N) is 3. The summed E-state index contributed by atoms with van der Waals surface area (Å²) >= 11 is 0. The summed E-state index contributed by atoms with van der Waals surface area (Å²) in [5.41, 5.74) is 0.409. The number of rotatable bonds is 6. The number of hydrogen-bond donors (Lipinski definition) is 1. The molecule has 0 aromatic carbocycles.